The Kier molecular flexibility index (Phi) is 2.59. The van der Waals surface area contributed by atoms with Gasteiger partial charge in [0.1, 0.15) is 11.4 Å². The second-order valence-corrected chi connectivity index (χ2v) is 4.48. The fraction of sp³-hybridized carbons (Fsp3) is 0.143. The van der Waals surface area contributed by atoms with Gasteiger partial charge in [-0.05, 0) is 24.1 Å². The van der Waals surface area contributed by atoms with Gasteiger partial charge in [0.25, 0.3) is 0 Å². The summed E-state index contributed by atoms with van der Waals surface area (Å²) in [4.78, 5) is 17.4. The van der Waals surface area contributed by atoms with Crippen LogP contribution in [0.1, 0.15) is 15.9 Å². The molecule has 0 saturated heterocycles. The fourth-order valence-electron chi connectivity index (χ4n) is 2.40. The normalized spacial score (nSPS) is 13.4. The number of aromatic nitrogens is 1. The first-order valence-electron chi connectivity index (χ1n) is 6.01. The SMILES string of the molecule is Nc1cnc(N2CCc3ccccc32)c(C(=O)O)c1. The summed E-state index contributed by atoms with van der Waals surface area (Å²) in [5, 5.41) is 9.28. The van der Waals surface area contributed by atoms with Gasteiger partial charge in [-0.3, -0.25) is 0 Å². The van der Waals surface area contributed by atoms with Gasteiger partial charge in [-0.2, -0.15) is 0 Å². The maximum atomic E-state index is 11.3. The van der Waals surface area contributed by atoms with Crippen LogP contribution in [-0.4, -0.2) is 22.6 Å². The van der Waals surface area contributed by atoms with Crippen LogP contribution in [-0.2, 0) is 6.42 Å². The Morgan fingerprint density at radius 3 is 2.95 bits per heavy atom. The summed E-state index contributed by atoms with van der Waals surface area (Å²) in [6.45, 7) is 0.733. The number of benzene rings is 1. The summed E-state index contributed by atoms with van der Waals surface area (Å²) >= 11 is 0. The number of para-hydroxylation sites is 1. The van der Waals surface area contributed by atoms with Gasteiger partial charge < -0.3 is 15.7 Å². The molecule has 1 aromatic carbocycles. The van der Waals surface area contributed by atoms with Crippen molar-refractivity contribution in [2.75, 3.05) is 17.2 Å². The Balaban J connectivity index is 2.12. The molecular formula is C14H13N3O2. The molecule has 3 N–H and O–H groups in total. The molecule has 5 nitrogen and oxygen atoms in total. The van der Waals surface area contributed by atoms with E-state index in [0.717, 1.165) is 18.7 Å². The molecule has 3 rings (SSSR count). The molecule has 0 aliphatic carbocycles. The van der Waals surface area contributed by atoms with Crippen molar-refractivity contribution in [1.82, 2.24) is 4.98 Å². The molecule has 1 aliphatic heterocycles. The molecule has 96 valence electrons. The predicted octanol–water partition coefficient (Wildman–Crippen LogP) is 2.06. The monoisotopic (exact) mass is 255 g/mol. The molecule has 0 atom stereocenters. The highest BCUT2D eigenvalue weighted by atomic mass is 16.4. The van der Waals surface area contributed by atoms with Gasteiger partial charge in [0.05, 0.1) is 11.9 Å². The molecule has 1 aliphatic rings. The molecule has 19 heavy (non-hydrogen) atoms. The molecule has 0 bridgehead atoms. The molecule has 2 aromatic rings. The van der Waals surface area contributed by atoms with Crippen LogP contribution in [0.3, 0.4) is 0 Å². The summed E-state index contributed by atoms with van der Waals surface area (Å²) in [5.41, 5.74) is 8.33. The number of carbonyl (C=O) groups is 1. The molecule has 1 aromatic heterocycles. The molecule has 0 unspecified atom stereocenters. The van der Waals surface area contributed by atoms with Crippen molar-refractivity contribution in [2.24, 2.45) is 0 Å². The molecule has 0 spiro atoms. The molecule has 0 saturated carbocycles. The lowest BCUT2D eigenvalue weighted by Gasteiger charge is -2.20. The average Bonchev–Trinajstić information content (AvgIpc) is 2.82. The number of anilines is 3. The quantitative estimate of drug-likeness (QED) is 0.858. The van der Waals surface area contributed by atoms with E-state index in [9.17, 15) is 9.90 Å². The maximum Gasteiger partial charge on any atom is 0.339 e. The third kappa shape index (κ3) is 1.89. The highest BCUT2D eigenvalue weighted by molar-refractivity contribution is 5.95. The summed E-state index contributed by atoms with van der Waals surface area (Å²) in [6.07, 6.45) is 2.38. The number of rotatable bonds is 2. The van der Waals surface area contributed by atoms with Gasteiger partial charge in [0, 0.05) is 12.2 Å². The van der Waals surface area contributed by atoms with Crippen molar-refractivity contribution in [3.63, 3.8) is 0 Å². The minimum atomic E-state index is -1.01. The third-order valence-corrected chi connectivity index (χ3v) is 3.26. The van der Waals surface area contributed by atoms with Crippen molar-refractivity contribution in [2.45, 2.75) is 6.42 Å². The van der Waals surface area contributed by atoms with E-state index in [1.165, 1.54) is 17.8 Å². The Bertz CT molecular complexity index is 655. The van der Waals surface area contributed by atoms with Crippen LogP contribution in [0.15, 0.2) is 36.5 Å². The van der Waals surface area contributed by atoms with Crippen molar-refractivity contribution in [1.29, 1.82) is 0 Å². The minimum Gasteiger partial charge on any atom is -0.478 e. The molecule has 5 heteroatoms. The van der Waals surface area contributed by atoms with Gasteiger partial charge in [0.15, 0.2) is 0 Å². The lowest BCUT2D eigenvalue weighted by Crippen LogP contribution is -2.18. The number of nitrogens with two attached hydrogens (primary N) is 1. The molecule has 0 fully saturated rings. The van der Waals surface area contributed by atoms with Crippen LogP contribution in [0.25, 0.3) is 0 Å². The number of carboxylic acid groups (broad SMARTS) is 1. The van der Waals surface area contributed by atoms with E-state index in [4.69, 9.17) is 5.73 Å². The van der Waals surface area contributed by atoms with E-state index in [-0.39, 0.29) is 5.56 Å². The van der Waals surface area contributed by atoms with Crippen LogP contribution < -0.4 is 10.6 Å². The standard InChI is InChI=1S/C14H13N3O2/c15-10-7-11(14(18)19)13(16-8-10)17-6-5-9-3-1-2-4-12(9)17/h1-4,7-8H,5-6,15H2,(H,18,19). The highest BCUT2D eigenvalue weighted by Crippen LogP contribution is 2.35. The number of fused-ring (bicyclic) bond motifs is 1. The lowest BCUT2D eigenvalue weighted by atomic mass is 10.2. The van der Waals surface area contributed by atoms with E-state index in [1.807, 2.05) is 29.2 Å². The minimum absolute atomic E-state index is 0.136. The summed E-state index contributed by atoms with van der Waals surface area (Å²) in [7, 11) is 0. The molecule has 2 heterocycles. The number of carboxylic acids is 1. The number of aromatic carboxylic acids is 1. The smallest absolute Gasteiger partial charge is 0.339 e. The topological polar surface area (TPSA) is 79.5 Å². The van der Waals surface area contributed by atoms with Crippen molar-refractivity contribution in [3.05, 3.63) is 47.7 Å². The van der Waals surface area contributed by atoms with E-state index in [0.29, 0.717) is 11.5 Å². The number of hydrogen-bond donors (Lipinski definition) is 2. The maximum absolute atomic E-state index is 11.3. The van der Waals surface area contributed by atoms with Crippen molar-refractivity contribution in [3.8, 4) is 0 Å². The second kappa shape index (κ2) is 4.28. The Labute approximate surface area is 110 Å². The van der Waals surface area contributed by atoms with E-state index in [1.54, 1.807) is 0 Å². The number of nitrogens with zero attached hydrogens (tertiary/aromatic N) is 2. The molecule has 0 amide bonds. The van der Waals surface area contributed by atoms with Gasteiger partial charge in [-0.25, -0.2) is 9.78 Å². The number of pyridine rings is 1. The first kappa shape index (κ1) is 11.5. The second-order valence-electron chi connectivity index (χ2n) is 4.48. The number of hydrogen-bond acceptors (Lipinski definition) is 4. The first-order chi connectivity index (χ1) is 9.16. The molecular weight excluding hydrogens is 242 g/mol. The van der Waals surface area contributed by atoms with Crippen molar-refractivity contribution >= 4 is 23.2 Å². The van der Waals surface area contributed by atoms with Crippen LogP contribution in [0.5, 0.6) is 0 Å². The highest BCUT2D eigenvalue weighted by Gasteiger charge is 2.25. The fourth-order valence-corrected chi connectivity index (χ4v) is 2.40. The zero-order chi connectivity index (χ0) is 13.4. The van der Waals surface area contributed by atoms with E-state index >= 15 is 0 Å². The summed E-state index contributed by atoms with van der Waals surface area (Å²) < 4.78 is 0. The zero-order valence-electron chi connectivity index (χ0n) is 10.2. The van der Waals surface area contributed by atoms with Crippen LogP contribution in [0, 0.1) is 0 Å². The first-order valence-corrected chi connectivity index (χ1v) is 6.01. The largest absolute Gasteiger partial charge is 0.478 e. The van der Waals surface area contributed by atoms with Crippen LogP contribution in [0.4, 0.5) is 17.2 Å². The van der Waals surface area contributed by atoms with Gasteiger partial charge in [-0.15, -0.1) is 0 Å². The van der Waals surface area contributed by atoms with Gasteiger partial charge in [0.2, 0.25) is 0 Å². The Morgan fingerprint density at radius 2 is 2.16 bits per heavy atom. The number of nitrogen functional groups attached to an aromatic ring is 1. The van der Waals surface area contributed by atoms with Gasteiger partial charge in [-0.1, -0.05) is 18.2 Å². The Hall–Kier alpha value is -2.56. The van der Waals surface area contributed by atoms with E-state index in [2.05, 4.69) is 4.98 Å². The summed E-state index contributed by atoms with van der Waals surface area (Å²) in [5.74, 6) is -0.564. The summed E-state index contributed by atoms with van der Waals surface area (Å²) in [6, 6.07) is 9.40. The van der Waals surface area contributed by atoms with Crippen molar-refractivity contribution < 1.29 is 9.90 Å². The van der Waals surface area contributed by atoms with Crippen LogP contribution in [0.2, 0.25) is 0 Å². The predicted molar refractivity (Wildman–Crippen MR) is 72.8 cm³/mol. The zero-order valence-corrected chi connectivity index (χ0v) is 10.2. The van der Waals surface area contributed by atoms with E-state index < -0.39 is 5.97 Å². The third-order valence-electron chi connectivity index (χ3n) is 3.26. The lowest BCUT2D eigenvalue weighted by molar-refractivity contribution is 0.0697. The molecule has 0 radical (unpaired) electrons. The van der Waals surface area contributed by atoms with Crippen LogP contribution >= 0.6 is 0 Å². The van der Waals surface area contributed by atoms with Gasteiger partial charge >= 0.3 is 5.97 Å². The Morgan fingerprint density at radius 1 is 1.37 bits per heavy atom. The average molecular weight is 255 g/mol.